The van der Waals surface area contributed by atoms with Crippen LogP contribution in [0.2, 0.25) is 5.02 Å². The number of benzene rings is 1. The molecule has 0 fully saturated rings. The first kappa shape index (κ1) is 15.3. The Hall–Kier alpha value is -1.73. The van der Waals surface area contributed by atoms with Crippen LogP contribution >= 0.6 is 11.6 Å². The molecule has 0 saturated carbocycles. The second kappa shape index (κ2) is 7.65. The Labute approximate surface area is 118 Å². The number of carbonyl (C=O) groups excluding carboxylic acids is 1. The van der Waals surface area contributed by atoms with Crippen molar-refractivity contribution in [1.82, 2.24) is 5.32 Å². The fourth-order valence-electron chi connectivity index (χ4n) is 1.55. The number of carbonyl (C=O) groups is 1. The van der Waals surface area contributed by atoms with Gasteiger partial charge < -0.3 is 10.6 Å². The van der Waals surface area contributed by atoms with Gasteiger partial charge in [-0.2, -0.15) is 5.26 Å². The number of hydrogen-bond donors (Lipinski definition) is 2. The molecule has 0 aromatic heterocycles. The number of nitrogens with zero attached hydrogens (tertiary/aromatic N) is 1. The Bertz CT molecular complexity index is 482. The summed E-state index contributed by atoms with van der Waals surface area (Å²) in [6.07, 6.45) is 2.02. The highest BCUT2D eigenvalue weighted by molar-refractivity contribution is 6.32. The molecule has 19 heavy (non-hydrogen) atoms. The van der Waals surface area contributed by atoms with Crippen molar-refractivity contribution in [1.29, 1.82) is 5.26 Å². The average molecular weight is 280 g/mol. The Kier molecular flexibility index (Phi) is 6.17. The van der Waals surface area contributed by atoms with Gasteiger partial charge in [-0.25, -0.2) is 0 Å². The third-order valence-corrected chi connectivity index (χ3v) is 3.01. The van der Waals surface area contributed by atoms with Crippen LogP contribution in [0.15, 0.2) is 18.2 Å². The molecule has 1 aromatic rings. The molecule has 1 amide bonds. The standard InChI is InChI=1S/C14H18ClN3O/c1-3-4-7-17-14(19)10(2)18-12-6-5-11(9-16)13(15)8-12/h5-6,8,10,18H,3-4,7H2,1-2H3,(H,17,19). The number of halogens is 1. The molecule has 102 valence electrons. The maximum atomic E-state index is 11.8. The van der Waals surface area contributed by atoms with Gasteiger partial charge in [-0.05, 0) is 31.5 Å². The van der Waals surface area contributed by atoms with E-state index in [2.05, 4.69) is 17.6 Å². The third kappa shape index (κ3) is 4.80. The summed E-state index contributed by atoms with van der Waals surface area (Å²) >= 11 is 5.93. The van der Waals surface area contributed by atoms with Crippen molar-refractivity contribution in [3.05, 3.63) is 28.8 Å². The van der Waals surface area contributed by atoms with Crippen molar-refractivity contribution >= 4 is 23.2 Å². The van der Waals surface area contributed by atoms with E-state index in [1.54, 1.807) is 25.1 Å². The minimum Gasteiger partial charge on any atom is -0.374 e. The number of nitriles is 1. The zero-order valence-corrected chi connectivity index (χ0v) is 11.9. The Morgan fingerprint density at radius 2 is 2.26 bits per heavy atom. The lowest BCUT2D eigenvalue weighted by atomic mass is 10.2. The molecular weight excluding hydrogens is 262 g/mol. The summed E-state index contributed by atoms with van der Waals surface area (Å²) in [5, 5.41) is 15.1. The van der Waals surface area contributed by atoms with Gasteiger partial charge in [0.05, 0.1) is 10.6 Å². The largest absolute Gasteiger partial charge is 0.374 e. The zero-order valence-electron chi connectivity index (χ0n) is 11.2. The zero-order chi connectivity index (χ0) is 14.3. The molecule has 4 nitrogen and oxygen atoms in total. The van der Waals surface area contributed by atoms with E-state index in [4.69, 9.17) is 16.9 Å². The van der Waals surface area contributed by atoms with E-state index in [1.165, 1.54) is 0 Å². The Balaban J connectivity index is 2.57. The predicted molar refractivity (Wildman–Crippen MR) is 77.2 cm³/mol. The third-order valence-electron chi connectivity index (χ3n) is 2.70. The topological polar surface area (TPSA) is 64.9 Å². The Morgan fingerprint density at radius 3 is 2.84 bits per heavy atom. The van der Waals surface area contributed by atoms with E-state index in [0.29, 0.717) is 17.1 Å². The van der Waals surface area contributed by atoms with Gasteiger partial charge >= 0.3 is 0 Å². The van der Waals surface area contributed by atoms with E-state index in [-0.39, 0.29) is 11.9 Å². The number of hydrogen-bond acceptors (Lipinski definition) is 3. The van der Waals surface area contributed by atoms with Crippen molar-refractivity contribution in [2.24, 2.45) is 0 Å². The molecule has 0 bridgehead atoms. The van der Waals surface area contributed by atoms with Gasteiger partial charge in [-0.15, -0.1) is 0 Å². The van der Waals surface area contributed by atoms with Crippen molar-refractivity contribution in [3.63, 3.8) is 0 Å². The highest BCUT2D eigenvalue weighted by atomic mass is 35.5. The number of rotatable bonds is 6. The molecule has 1 rings (SSSR count). The first-order chi connectivity index (χ1) is 9.08. The number of nitrogens with one attached hydrogen (secondary N) is 2. The molecule has 0 aliphatic rings. The first-order valence-corrected chi connectivity index (χ1v) is 6.70. The maximum Gasteiger partial charge on any atom is 0.242 e. The minimum atomic E-state index is -0.346. The van der Waals surface area contributed by atoms with Crippen LogP contribution in [0, 0.1) is 11.3 Å². The van der Waals surface area contributed by atoms with Crippen molar-refractivity contribution in [2.75, 3.05) is 11.9 Å². The van der Waals surface area contributed by atoms with Crippen molar-refractivity contribution < 1.29 is 4.79 Å². The maximum absolute atomic E-state index is 11.8. The summed E-state index contributed by atoms with van der Waals surface area (Å²) in [6, 6.07) is 6.66. The van der Waals surface area contributed by atoms with Crippen LogP contribution < -0.4 is 10.6 Å². The molecule has 5 heteroatoms. The molecule has 0 aliphatic heterocycles. The molecule has 0 saturated heterocycles. The lowest BCUT2D eigenvalue weighted by molar-refractivity contribution is -0.121. The quantitative estimate of drug-likeness (QED) is 0.787. The van der Waals surface area contributed by atoms with E-state index in [1.807, 2.05) is 6.07 Å². The van der Waals surface area contributed by atoms with Gasteiger partial charge in [0.15, 0.2) is 0 Å². The number of anilines is 1. The van der Waals surface area contributed by atoms with Gasteiger partial charge in [-0.1, -0.05) is 24.9 Å². The van der Waals surface area contributed by atoms with Gasteiger partial charge in [0.2, 0.25) is 5.91 Å². The van der Waals surface area contributed by atoms with Crippen LogP contribution in [0.25, 0.3) is 0 Å². The molecule has 1 unspecified atom stereocenters. The lowest BCUT2D eigenvalue weighted by Crippen LogP contribution is -2.37. The summed E-state index contributed by atoms with van der Waals surface area (Å²) in [5.74, 6) is -0.0473. The van der Waals surface area contributed by atoms with Gasteiger partial charge in [0.1, 0.15) is 12.1 Å². The smallest absolute Gasteiger partial charge is 0.242 e. The van der Waals surface area contributed by atoms with Crippen LogP contribution in [-0.4, -0.2) is 18.5 Å². The molecular formula is C14H18ClN3O. The Morgan fingerprint density at radius 1 is 1.53 bits per heavy atom. The fourth-order valence-corrected chi connectivity index (χ4v) is 1.78. The molecule has 0 radical (unpaired) electrons. The van der Waals surface area contributed by atoms with Gasteiger partial charge in [0.25, 0.3) is 0 Å². The second-order valence-electron chi connectivity index (χ2n) is 4.32. The van der Waals surface area contributed by atoms with Crippen LogP contribution in [0.3, 0.4) is 0 Å². The van der Waals surface area contributed by atoms with Crippen LogP contribution in [0.1, 0.15) is 32.3 Å². The van der Waals surface area contributed by atoms with Crippen LogP contribution in [0.4, 0.5) is 5.69 Å². The summed E-state index contributed by atoms with van der Waals surface area (Å²) in [5.41, 5.74) is 1.15. The number of amides is 1. The normalized spacial score (nSPS) is 11.5. The monoisotopic (exact) mass is 279 g/mol. The SMILES string of the molecule is CCCCNC(=O)C(C)Nc1ccc(C#N)c(Cl)c1. The molecule has 0 heterocycles. The van der Waals surface area contributed by atoms with Crippen molar-refractivity contribution in [3.8, 4) is 6.07 Å². The van der Waals surface area contributed by atoms with Crippen LogP contribution in [-0.2, 0) is 4.79 Å². The van der Waals surface area contributed by atoms with E-state index in [0.717, 1.165) is 18.5 Å². The minimum absolute atomic E-state index is 0.0473. The lowest BCUT2D eigenvalue weighted by Gasteiger charge is -2.15. The van der Waals surface area contributed by atoms with Gasteiger partial charge in [0, 0.05) is 12.2 Å². The summed E-state index contributed by atoms with van der Waals surface area (Å²) in [6.45, 7) is 4.55. The summed E-state index contributed by atoms with van der Waals surface area (Å²) in [4.78, 5) is 11.8. The van der Waals surface area contributed by atoms with Crippen molar-refractivity contribution in [2.45, 2.75) is 32.7 Å². The fraction of sp³-hybridized carbons (Fsp3) is 0.429. The predicted octanol–water partition coefficient (Wildman–Crippen LogP) is 2.93. The highest BCUT2D eigenvalue weighted by Crippen LogP contribution is 2.20. The van der Waals surface area contributed by atoms with E-state index >= 15 is 0 Å². The first-order valence-electron chi connectivity index (χ1n) is 6.32. The highest BCUT2D eigenvalue weighted by Gasteiger charge is 2.12. The van der Waals surface area contributed by atoms with Gasteiger partial charge in [-0.3, -0.25) is 4.79 Å². The summed E-state index contributed by atoms with van der Waals surface area (Å²) in [7, 11) is 0. The molecule has 1 atom stereocenters. The van der Waals surface area contributed by atoms with Crippen LogP contribution in [0.5, 0.6) is 0 Å². The molecule has 0 spiro atoms. The second-order valence-corrected chi connectivity index (χ2v) is 4.72. The summed E-state index contributed by atoms with van der Waals surface area (Å²) < 4.78 is 0. The number of unbranched alkanes of at least 4 members (excludes halogenated alkanes) is 1. The van der Waals surface area contributed by atoms with E-state index in [9.17, 15) is 4.79 Å². The molecule has 0 aliphatic carbocycles. The van der Waals surface area contributed by atoms with E-state index < -0.39 is 0 Å². The average Bonchev–Trinajstić information content (AvgIpc) is 2.39. The molecule has 1 aromatic carbocycles. The molecule has 2 N–H and O–H groups in total.